The number of pyridine rings is 2. The van der Waals surface area contributed by atoms with E-state index in [1.54, 1.807) is 72.3 Å². The smallest absolute Gasteiger partial charge is 0.410 e. The summed E-state index contributed by atoms with van der Waals surface area (Å²) in [5, 5.41) is 8.94. The van der Waals surface area contributed by atoms with E-state index in [1.165, 1.54) is 11.0 Å². The number of benzene rings is 2. The molecule has 2 aromatic heterocycles. The molecule has 6 aliphatic rings. The fourth-order valence-electron chi connectivity index (χ4n) is 10.5. The highest BCUT2D eigenvalue weighted by molar-refractivity contribution is 9.11. The third-order valence-electron chi connectivity index (χ3n) is 15.6. The zero-order chi connectivity index (χ0) is 66.5. The van der Waals surface area contributed by atoms with Gasteiger partial charge in [0.1, 0.15) is 52.3 Å². The number of halogens is 4. The number of nitrogens with zero attached hydrogens (tertiary/aromatic N) is 3. The van der Waals surface area contributed by atoms with E-state index in [1.807, 2.05) is 26.0 Å². The molecule has 2 aliphatic heterocycles. The van der Waals surface area contributed by atoms with Crippen molar-refractivity contribution in [1.29, 1.82) is 0 Å². The maximum Gasteiger partial charge on any atom is 0.410 e. The number of hydrogen-bond acceptors (Lipinski definition) is 21. The lowest BCUT2D eigenvalue weighted by Crippen LogP contribution is -2.56. The van der Waals surface area contributed by atoms with Gasteiger partial charge in [-0.15, -0.1) is 25.6 Å². The molecule has 8 atom stereocenters. The molecule has 6 fully saturated rings. The van der Waals surface area contributed by atoms with Crippen LogP contribution in [-0.2, 0) is 48.7 Å². The van der Waals surface area contributed by atoms with Gasteiger partial charge >= 0.3 is 11.5 Å². The molecule has 2 saturated heterocycles. The summed E-state index contributed by atoms with van der Waals surface area (Å²) < 4.78 is 99.9. The lowest BCUT2D eigenvalue weighted by Gasteiger charge is -2.26. The molecule has 32 heteroatoms. The molecule has 504 valence electrons. The summed E-state index contributed by atoms with van der Waals surface area (Å²) in [7, 11) is -4.47. The standard InChI is InChI=1S/C30H37BrN4O9S.C26H31BrN4O7S.C4H7ClO2.ClH/c1-6-17-14-30(17,28(37)34-45(39,40)19-8-9-19)33-27(36)21-12-18(15-35(21)29(38)43-16(3)4)44-23-13-24(42-7-2)32-26-20(23)10-11-22(41-5)25(26)31;1-4-14-12-26(14,25(33)31-39(34,35)16-6-7-16)30-24(32)18-10-15(13-28-18)38-20-11-21(37-5-2)29-23-17(20)8-9-19(36-3)22(23)27;1-3(2)7-4(5)6;/h6,10-11,13,16-19,21H,1,7-9,12,14-15H2,2-5H3,(H,33,36)(H,34,37);4,8-9,11,14-16,18,28H,1,5-7,10,12-13H2,2-3H3,(H,30,32)(H,31,33);3H,1-2H3;1H/t17?,18-,21+,30-;14?,15-,18+,26-;;/m11../s1. The first-order valence-electron chi connectivity index (χ1n) is 29.6. The molecule has 2 aromatic carbocycles. The van der Waals surface area contributed by atoms with Gasteiger partial charge in [0.05, 0.1) is 82.7 Å². The summed E-state index contributed by atoms with van der Waals surface area (Å²) >= 11 is 11.9. The van der Waals surface area contributed by atoms with Crippen LogP contribution in [0.25, 0.3) is 21.8 Å². The van der Waals surface area contributed by atoms with Crippen LogP contribution in [-0.4, -0.2) is 165 Å². The van der Waals surface area contributed by atoms with Gasteiger partial charge in [-0.3, -0.25) is 33.5 Å². The third kappa shape index (κ3) is 17.1. The average molecular weight is 1490 g/mol. The van der Waals surface area contributed by atoms with E-state index in [4.69, 9.17) is 44.8 Å². The van der Waals surface area contributed by atoms with Gasteiger partial charge in [0.15, 0.2) is 0 Å². The fourth-order valence-corrected chi connectivity index (χ4v) is 14.6. The molecule has 5 amide bonds. The number of fused-ring (bicyclic) bond motifs is 2. The van der Waals surface area contributed by atoms with Gasteiger partial charge < -0.3 is 53.8 Å². The molecule has 92 heavy (non-hydrogen) atoms. The van der Waals surface area contributed by atoms with Crippen LogP contribution in [0.15, 0.2) is 70.7 Å². The van der Waals surface area contributed by atoms with E-state index < -0.39 is 107 Å². The largest absolute Gasteiger partial charge is 0.495 e. The molecular formula is C60H76Br2Cl2N8O18S2. The first kappa shape index (κ1) is 73.0. The summed E-state index contributed by atoms with van der Waals surface area (Å²) in [5.41, 5.74) is -2.40. The maximum absolute atomic E-state index is 13.8. The van der Waals surface area contributed by atoms with Crippen LogP contribution in [0.1, 0.15) is 92.9 Å². The van der Waals surface area contributed by atoms with Crippen LogP contribution in [0.5, 0.6) is 34.8 Å². The van der Waals surface area contributed by atoms with Crippen molar-refractivity contribution in [2.24, 2.45) is 11.8 Å². The zero-order valence-electron chi connectivity index (χ0n) is 51.8. The van der Waals surface area contributed by atoms with E-state index in [9.17, 15) is 45.6 Å². The number of hydrogen-bond donors (Lipinski definition) is 5. The van der Waals surface area contributed by atoms with Gasteiger partial charge in [0.25, 0.3) is 11.8 Å². The second-order valence-electron chi connectivity index (χ2n) is 23.0. The van der Waals surface area contributed by atoms with Crippen LogP contribution in [0.3, 0.4) is 0 Å². The van der Waals surface area contributed by atoms with Crippen molar-refractivity contribution in [3.63, 3.8) is 0 Å². The summed E-state index contributed by atoms with van der Waals surface area (Å²) in [6, 6.07) is 8.89. The quantitative estimate of drug-likeness (QED) is 0.0330. The maximum atomic E-state index is 13.8. The lowest BCUT2D eigenvalue weighted by molar-refractivity contribution is -0.131. The Morgan fingerprint density at radius 2 is 1.14 bits per heavy atom. The van der Waals surface area contributed by atoms with Gasteiger partial charge in [0.2, 0.25) is 43.6 Å². The van der Waals surface area contributed by atoms with E-state index >= 15 is 0 Å². The van der Waals surface area contributed by atoms with Gasteiger partial charge in [-0.25, -0.2) is 36.4 Å². The second kappa shape index (κ2) is 30.3. The number of methoxy groups -OCH3 is 2. The number of carbonyl (C=O) groups is 6. The number of rotatable bonds is 24. The van der Waals surface area contributed by atoms with Crippen molar-refractivity contribution in [2.75, 3.05) is 40.5 Å². The summed E-state index contributed by atoms with van der Waals surface area (Å²) in [4.78, 5) is 86.6. The zero-order valence-corrected chi connectivity index (χ0v) is 58.2. The van der Waals surface area contributed by atoms with Crippen molar-refractivity contribution in [3.05, 3.63) is 70.7 Å². The van der Waals surface area contributed by atoms with E-state index in [2.05, 4.69) is 85.1 Å². The van der Waals surface area contributed by atoms with Crippen LogP contribution in [0.2, 0.25) is 0 Å². The molecule has 10 rings (SSSR count). The normalized spacial score (nSPS) is 23.6. The third-order valence-corrected chi connectivity index (χ3v) is 20.9. The predicted molar refractivity (Wildman–Crippen MR) is 350 cm³/mol. The Balaban J connectivity index is 0.000000236. The topological polar surface area (TPSA) is 334 Å². The van der Waals surface area contributed by atoms with E-state index in [0.29, 0.717) is 118 Å². The highest BCUT2D eigenvalue weighted by Gasteiger charge is 2.63. The first-order valence-corrected chi connectivity index (χ1v) is 34.6. The Kier molecular flexibility index (Phi) is 24.0. The minimum Gasteiger partial charge on any atom is -0.495 e. The molecule has 5 N–H and O–H groups in total. The van der Waals surface area contributed by atoms with E-state index in [-0.39, 0.29) is 49.9 Å². The van der Waals surface area contributed by atoms with Gasteiger partial charge in [0, 0.05) is 65.7 Å². The highest BCUT2D eigenvalue weighted by atomic mass is 79.9. The average Bonchev–Trinajstić information content (AvgIpc) is 1.65. The Hall–Kier alpha value is -6.44. The van der Waals surface area contributed by atoms with Crippen LogP contribution >= 0.6 is 55.9 Å². The van der Waals surface area contributed by atoms with Crippen LogP contribution in [0, 0.1) is 11.8 Å². The Labute approximate surface area is 561 Å². The molecule has 0 bridgehead atoms. The molecule has 4 heterocycles. The highest BCUT2D eigenvalue weighted by Crippen LogP contribution is 2.47. The molecule has 0 spiro atoms. The Morgan fingerprint density at radius 1 is 0.696 bits per heavy atom. The van der Waals surface area contributed by atoms with Crippen molar-refractivity contribution < 1.29 is 83.5 Å². The van der Waals surface area contributed by atoms with Crippen molar-refractivity contribution in [2.45, 2.75) is 151 Å². The van der Waals surface area contributed by atoms with Crippen LogP contribution < -0.4 is 53.8 Å². The SMILES string of the molecule is C=CC1C[C@]1(NC(=O)[C@@H]1C[C@@H](Oc2cc(OCC)nc3c(Br)c(OC)ccc23)CN1)C(=O)NS(=O)(=O)C1CC1.C=CC1C[C@]1(NC(=O)[C@@H]1C[C@@H](Oc2cc(OCC)nc3c(Br)c(OC)ccc23)CN1C(=O)OC(C)C)C(=O)NS(=O)(=O)C1CC1.CC(C)OC(=O)Cl.Cl. The number of aromatic nitrogens is 2. The Morgan fingerprint density at radius 3 is 1.52 bits per heavy atom. The molecule has 4 aliphatic carbocycles. The van der Waals surface area contributed by atoms with Crippen LogP contribution in [0.4, 0.5) is 9.59 Å². The van der Waals surface area contributed by atoms with Crippen molar-refractivity contribution in [1.82, 2.24) is 40.3 Å². The number of carbonyl (C=O) groups excluding carboxylic acids is 6. The summed E-state index contributed by atoms with van der Waals surface area (Å²) in [6.07, 6.45) is 3.69. The Bertz CT molecular complexity index is 3720. The fraction of sp³-hybridized carbons (Fsp3) is 0.533. The lowest BCUT2D eigenvalue weighted by atomic mass is 10.1. The molecule has 4 aromatic rings. The number of amides is 5. The van der Waals surface area contributed by atoms with Gasteiger partial charge in [-0.1, -0.05) is 12.2 Å². The second-order valence-corrected chi connectivity index (χ2v) is 28.8. The number of ether oxygens (including phenoxy) is 8. The van der Waals surface area contributed by atoms with Gasteiger partial charge in [-0.05, 0) is 136 Å². The molecule has 2 unspecified atom stereocenters. The number of sulfonamides is 2. The monoisotopic (exact) mass is 1490 g/mol. The van der Waals surface area contributed by atoms with Crippen molar-refractivity contribution in [3.8, 4) is 34.8 Å². The number of likely N-dealkylation sites (tertiary alicyclic amines) is 1. The van der Waals surface area contributed by atoms with Crippen molar-refractivity contribution >= 4 is 133 Å². The van der Waals surface area contributed by atoms with E-state index in [0.717, 1.165) is 5.39 Å². The molecular weight excluding hydrogens is 1420 g/mol. The summed E-state index contributed by atoms with van der Waals surface area (Å²) in [6.45, 7) is 19.2. The van der Waals surface area contributed by atoms with Gasteiger partial charge in [-0.2, -0.15) is 0 Å². The molecule has 0 radical (unpaired) electrons. The minimum atomic E-state index is -3.85. The minimum absolute atomic E-state index is 0. The predicted octanol–water partition coefficient (Wildman–Crippen LogP) is 7.82. The first-order chi connectivity index (χ1) is 43.1. The molecule has 26 nitrogen and oxygen atoms in total. The number of nitrogens with one attached hydrogen (secondary N) is 5. The summed E-state index contributed by atoms with van der Waals surface area (Å²) in [5.74, 6) is -0.517. The molecule has 4 saturated carbocycles.